The van der Waals surface area contributed by atoms with Gasteiger partial charge in [0.2, 0.25) is 5.91 Å². The molecule has 7 nitrogen and oxygen atoms in total. The van der Waals surface area contributed by atoms with Gasteiger partial charge in [-0.3, -0.25) is 4.79 Å². The van der Waals surface area contributed by atoms with Crippen molar-refractivity contribution in [3.05, 3.63) is 12.3 Å². The maximum atomic E-state index is 12.1. The highest BCUT2D eigenvalue weighted by atomic mass is 16.6. The maximum Gasteiger partial charge on any atom is 0.408 e. The zero-order valence-corrected chi connectivity index (χ0v) is 13.4. The molecule has 2 amide bonds. The number of nitrogens with one attached hydrogen (secondary N) is 2. The molecule has 0 rings (SSSR count). The summed E-state index contributed by atoms with van der Waals surface area (Å²) in [5.41, 5.74) is -0.864. The minimum atomic E-state index is -0.860. The van der Waals surface area contributed by atoms with Gasteiger partial charge in [-0.05, 0) is 26.7 Å². The van der Waals surface area contributed by atoms with Gasteiger partial charge in [-0.1, -0.05) is 20.4 Å². The Morgan fingerprint density at radius 1 is 1.14 bits per heavy atom. The summed E-state index contributed by atoms with van der Waals surface area (Å²) in [5.74, 6) is -1.52. The van der Waals surface area contributed by atoms with Crippen LogP contribution >= 0.6 is 0 Å². The molecule has 0 aromatic heterocycles. The molecule has 0 aliphatic heterocycles. The van der Waals surface area contributed by atoms with Crippen molar-refractivity contribution in [3.63, 3.8) is 0 Å². The number of esters is 1. The third kappa shape index (κ3) is 7.34. The van der Waals surface area contributed by atoms with Gasteiger partial charge in [0.1, 0.15) is 17.3 Å². The van der Waals surface area contributed by atoms with Crippen LogP contribution in [-0.4, -0.2) is 36.7 Å². The molecule has 2 N–H and O–H groups in total. The van der Waals surface area contributed by atoms with E-state index in [9.17, 15) is 14.4 Å². The van der Waals surface area contributed by atoms with E-state index in [2.05, 4.69) is 21.9 Å². The molecule has 0 aliphatic carbocycles. The van der Waals surface area contributed by atoms with Gasteiger partial charge in [0.05, 0.1) is 7.11 Å². The normalized spacial score (nSPS) is 12.3. The van der Waals surface area contributed by atoms with Gasteiger partial charge >= 0.3 is 12.1 Å². The molecule has 7 heteroatoms. The smallest absolute Gasteiger partial charge is 0.408 e. The first-order valence-electron chi connectivity index (χ1n) is 6.55. The average molecular weight is 300 g/mol. The number of carbonyl (C=O) groups is 3. The van der Waals surface area contributed by atoms with Crippen molar-refractivity contribution < 1.29 is 23.9 Å². The Morgan fingerprint density at radius 2 is 1.67 bits per heavy atom. The summed E-state index contributed by atoms with van der Waals surface area (Å²) < 4.78 is 9.53. The topological polar surface area (TPSA) is 93.7 Å². The molecule has 0 saturated heterocycles. The second kappa shape index (κ2) is 7.66. The van der Waals surface area contributed by atoms with E-state index in [1.165, 1.54) is 7.11 Å². The Labute approximate surface area is 125 Å². The lowest BCUT2D eigenvalue weighted by Gasteiger charge is -2.25. The van der Waals surface area contributed by atoms with Crippen molar-refractivity contribution in [3.8, 4) is 0 Å². The predicted octanol–water partition coefficient (Wildman–Crippen LogP) is 1.34. The molecule has 0 bridgehead atoms. The summed E-state index contributed by atoms with van der Waals surface area (Å²) in [4.78, 5) is 35.0. The lowest BCUT2D eigenvalue weighted by Crippen LogP contribution is -2.51. The third-order valence-electron chi connectivity index (χ3n) is 2.33. The van der Waals surface area contributed by atoms with Crippen LogP contribution in [-0.2, 0) is 19.1 Å². The quantitative estimate of drug-likeness (QED) is 0.590. The fraction of sp³-hybridized carbons (Fsp3) is 0.643. The Morgan fingerprint density at radius 3 is 2.05 bits per heavy atom. The molecule has 21 heavy (non-hydrogen) atoms. The molecule has 0 saturated carbocycles. The predicted molar refractivity (Wildman–Crippen MR) is 77.3 cm³/mol. The minimum absolute atomic E-state index is 0.195. The van der Waals surface area contributed by atoms with Gasteiger partial charge in [-0.15, -0.1) is 0 Å². The zero-order chi connectivity index (χ0) is 16.8. The minimum Gasteiger partial charge on any atom is -0.464 e. The van der Waals surface area contributed by atoms with Crippen LogP contribution in [0.15, 0.2) is 12.3 Å². The molecule has 1 atom stereocenters. The Balaban J connectivity index is 4.76. The highest BCUT2D eigenvalue weighted by Crippen LogP contribution is 2.09. The number of hydrogen-bond acceptors (Lipinski definition) is 5. The molecule has 0 spiro atoms. The second-order valence-corrected chi connectivity index (χ2v) is 5.83. The number of amides is 2. The zero-order valence-electron chi connectivity index (χ0n) is 13.4. The van der Waals surface area contributed by atoms with Crippen LogP contribution in [0.5, 0.6) is 0 Å². The van der Waals surface area contributed by atoms with Crippen LogP contribution in [0.4, 0.5) is 4.79 Å². The van der Waals surface area contributed by atoms with Crippen molar-refractivity contribution >= 4 is 18.0 Å². The van der Waals surface area contributed by atoms with Crippen molar-refractivity contribution in [2.24, 2.45) is 5.92 Å². The molecular weight excluding hydrogens is 276 g/mol. The number of hydrogen-bond donors (Lipinski definition) is 2. The van der Waals surface area contributed by atoms with Gasteiger partial charge in [-0.2, -0.15) is 0 Å². The van der Waals surface area contributed by atoms with Crippen LogP contribution < -0.4 is 10.6 Å². The molecule has 120 valence electrons. The van der Waals surface area contributed by atoms with Crippen molar-refractivity contribution in [2.75, 3.05) is 7.11 Å². The molecule has 0 heterocycles. The number of carbonyl (C=O) groups excluding carboxylic acids is 3. The van der Waals surface area contributed by atoms with Gasteiger partial charge < -0.3 is 20.1 Å². The first kappa shape index (κ1) is 18.9. The summed E-state index contributed by atoms with van der Waals surface area (Å²) in [5, 5.41) is 4.77. The first-order chi connectivity index (χ1) is 9.47. The Bertz CT molecular complexity index is 424. The van der Waals surface area contributed by atoms with E-state index in [0.29, 0.717) is 0 Å². The van der Waals surface area contributed by atoms with Crippen molar-refractivity contribution in [1.29, 1.82) is 0 Å². The van der Waals surface area contributed by atoms with E-state index in [-0.39, 0.29) is 11.6 Å². The van der Waals surface area contributed by atoms with Gasteiger partial charge in [0, 0.05) is 0 Å². The highest BCUT2D eigenvalue weighted by Gasteiger charge is 2.28. The number of ether oxygens (including phenoxy) is 2. The fourth-order valence-corrected chi connectivity index (χ4v) is 1.37. The van der Waals surface area contributed by atoms with E-state index in [1.807, 2.05) is 0 Å². The van der Waals surface area contributed by atoms with Crippen LogP contribution in [0.2, 0.25) is 0 Å². The van der Waals surface area contributed by atoms with Crippen LogP contribution in [0.3, 0.4) is 0 Å². The number of rotatable bonds is 5. The van der Waals surface area contributed by atoms with Crippen LogP contribution in [0.1, 0.15) is 34.6 Å². The van der Waals surface area contributed by atoms with E-state index < -0.39 is 29.6 Å². The first-order valence-corrected chi connectivity index (χ1v) is 6.55. The molecule has 0 aliphatic rings. The Hall–Kier alpha value is -2.05. The van der Waals surface area contributed by atoms with Crippen LogP contribution in [0.25, 0.3) is 0 Å². The van der Waals surface area contributed by atoms with Gasteiger partial charge in [0.15, 0.2) is 0 Å². The lowest BCUT2D eigenvalue weighted by molar-refractivity contribution is -0.138. The van der Waals surface area contributed by atoms with E-state index in [1.54, 1.807) is 34.6 Å². The summed E-state index contributed by atoms with van der Waals surface area (Å²) in [6.45, 7) is 12.1. The van der Waals surface area contributed by atoms with Gasteiger partial charge in [-0.25, -0.2) is 9.59 Å². The summed E-state index contributed by atoms with van der Waals surface area (Å²) in [6, 6.07) is -0.860. The SMILES string of the molecule is C=C(NC(=O)[C@@H](NC(=O)OC(C)(C)C)C(C)C)C(=O)OC. The summed E-state index contributed by atoms with van der Waals surface area (Å²) in [6.07, 6.45) is -0.708. The molecule has 0 fully saturated rings. The molecule has 0 aromatic carbocycles. The standard InChI is InChI=1S/C14H24N2O5/c1-8(2)10(16-13(19)21-14(4,5)6)11(17)15-9(3)12(18)20-7/h8,10H,3H2,1-2,4-7H3,(H,15,17)(H,16,19)/t10-/m0/s1. The van der Waals surface area contributed by atoms with Gasteiger partial charge in [0.25, 0.3) is 0 Å². The molecule has 0 unspecified atom stereocenters. The van der Waals surface area contributed by atoms with Crippen LogP contribution in [0, 0.1) is 5.92 Å². The van der Waals surface area contributed by atoms with Crippen molar-refractivity contribution in [2.45, 2.75) is 46.3 Å². The summed E-state index contributed by atoms with van der Waals surface area (Å²) in [7, 11) is 1.18. The van der Waals surface area contributed by atoms with E-state index in [0.717, 1.165) is 0 Å². The number of methoxy groups -OCH3 is 1. The highest BCUT2D eigenvalue weighted by molar-refractivity contribution is 5.95. The maximum absolute atomic E-state index is 12.1. The van der Waals surface area contributed by atoms with E-state index >= 15 is 0 Å². The monoisotopic (exact) mass is 300 g/mol. The average Bonchev–Trinajstić information content (AvgIpc) is 2.31. The van der Waals surface area contributed by atoms with Crippen molar-refractivity contribution in [1.82, 2.24) is 10.6 Å². The fourth-order valence-electron chi connectivity index (χ4n) is 1.37. The second-order valence-electron chi connectivity index (χ2n) is 5.83. The summed E-state index contributed by atoms with van der Waals surface area (Å²) >= 11 is 0. The third-order valence-corrected chi connectivity index (χ3v) is 2.33. The molecule has 0 aromatic rings. The lowest BCUT2D eigenvalue weighted by atomic mass is 10.0. The largest absolute Gasteiger partial charge is 0.464 e. The molecular formula is C14H24N2O5. The molecule has 0 radical (unpaired) electrons. The van der Waals surface area contributed by atoms with E-state index in [4.69, 9.17) is 4.74 Å². The number of alkyl carbamates (subject to hydrolysis) is 1. The Kier molecular flexibility index (Phi) is 6.91.